The predicted octanol–water partition coefficient (Wildman–Crippen LogP) is 0.700. The molecule has 0 amide bonds. The van der Waals surface area contributed by atoms with Crippen LogP contribution in [0.25, 0.3) is 0 Å². The Morgan fingerprint density at radius 2 is 2.54 bits per heavy atom. The molecule has 2 rings (SSSR count). The number of nitrogens with one attached hydrogen (secondary N) is 1. The molecule has 0 aliphatic carbocycles. The SMILES string of the molecule is CC(=O)CC1CCC2NC=CB2O1. The summed E-state index contributed by atoms with van der Waals surface area (Å²) in [5, 5.41) is 3.24. The molecule has 1 N–H and O–H groups in total. The standard InChI is InChI=1S/C9H14BNO2/c1-7(12)6-8-2-3-9-10(13-8)4-5-11-9/h4-5,8-9,11H,2-3,6H2,1H3. The van der Waals surface area contributed by atoms with E-state index in [-0.39, 0.29) is 18.8 Å². The van der Waals surface area contributed by atoms with E-state index in [4.69, 9.17) is 4.65 Å². The molecular formula is C9H14BNO2. The highest BCUT2D eigenvalue weighted by Gasteiger charge is 2.35. The van der Waals surface area contributed by atoms with E-state index >= 15 is 0 Å². The summed E-state index contributed by atoms with van der Waals surface area (Å²) in [4.78, 5) is 10.9. The number of ketones is 1. The Balaban J connectivity index is 1.89. The van der Waals surface area contributed by atoms with E-state index in [2.05, 4.69) is 5.32 Å². The lowest BCUT2D eigenvalue weighted by Gasteiger charge is -2.29. The van der Waals surface area contributed by atoms with Gasteiger partial charge in [0.1, 0.15) is 5.78 Å². The van der Waals surface area contributed by atoms with E-state index in [0.717, 1.165) is 12.8 Å². The van der Waals surface area contributed by atoms with Crippen molar-refractivity contribution < 1.29 is 9.45 Å². The Morgan fingerprint density at radius 3 is 3.31 bits per heavy atom. The second-order valence-electron chi connectivity index (χ2n) is 3.84. The largest absolute Gasteiger partial charge is 0.426 e. The van der Waals surface area contributed by atoms with Crippen LogP contribution in [0.5, 0.6) is 0 Å². The molecule has 2 heterocycles. The second-order valence-corrected chi connectivity index (χ2v) is 3.84. The van der Waals surface area contributed by atoms with Crippen molar-refractivity contribution in [1.82, 2.24) is 5.32 Å². The van der Waals surface area contributed by atoms with Crippen LogP contribution in [0.2, 0.25) is 0 Å². The molecule has 13 heavy (non-hydrogen) atoms. The number of rotatable bonds is 2. The fourth-order valence-corrected chi connectivity index (χ4v) is 2.02. The number of carbonyl (C=O) groups excluding carboxylic acids is 1. The van der Waals surface area contributed by atoms with E-state index in [9.17, 15) is 4.79 Å². The molecule has 1 fully saturated rings. The van der Waals surface area contributed by atoms with Crippen molar-refractivity contribution in [3.8, 4) is 0 Å². The normalized spacial score (nSPS) is 31.3. The summed E-state index contributed by atoms with van der Waals surface area (Å²) >= 11 is 0. The summed E-state index contributed by atoms with van der Waals surface area (Å²) in [6.07, 6.45) is 4.76. The van der Waals surface area contributed by atoms with Gasteiger partial charge in [-0.05, 0) is 26.0 Å². The van der Waals surface area contributed by atoms with Gasteiger partial charge in [-0.25, -0.2) is 0 Å². The molecule has 0 radical (unpaired) electrons. The third-order valence-electron chi connectivity index (χ3n) is 2.66. The summed E-state index contributed by atoms with van der Waals surface area (Å²) in [5.41, 5.74) is 0. The molecule has 2 atom stereocenters. The van der Waals surface area contributed by atoms with E-state index in [0.29, 0.717) is 12.4 Å². The molecule has 70 valence electrons. The van der Waals surface area contributed by atoms with Crippen LogP contribution in [0.1, 0.15) is 26.2 Å². The van der Waals surface area contributed by atoms with Crippen LogP contribution in [0.4, 0.5) is 0 Å². The van der Waals surface area contributed by atoms with Crippen LogP contribution in [-0.4, -0.2) is 24.7 Å². The fourth-order valence-electron chi connectivity index (χ4n) is 2.02. The van der Waals surface area contributed by atoms with Gasteiger partial charge in [-0.3, -0.25) is 4.79 Å². The zero-order chi connectivity index (χ0) is 9.26. The monoisotopic (exact) mass is 179 g/mol. The van der Waals surface area contributed by atoms with Gasteiger partial charge in [-0.15, -0.1) is 0 Å². The van der Waals surface area contributed by atoms with Gasteiger partial charge < -0.3 is 9.97 Å². The first-order valence-electron chi connectivity index (χ1n) is 4.83. The molecule has 2 aliphatic heterocycles. The average Bonchev–Trinajstić information content (AvgIpc) is 2.49. The average molecular weight is 179 g/mol. The number of hydrogen-bond donors (Lipinski definition) is 1. The van der Waals surface area contributed by atoms with Gasteiger partial charge >= 0.3 is 6.92 Å². The highest BCUT2D eigenvalue weighted by Crippen LogP contribution is 2.22. The molecule has 0 saturated carbocycles. The molecule has 0 bridgehead atoms. The first-order valence-corrected chi connectivity index (χ1v) is 4.83. The maximum Gasteiger partial charge on any atom is 0.343 e. The minimum atomic E-state index is 0.142. The third kappa shape index (κ3) is 1.94. The van der Waals surface area contributed by atoms with Gasteiger partial charge in [0.05, 0.1) is 0 Å². The van der Waals surface area contributed by atoms with E-state index in [1.807, 2.05) is 12.2 Å². The van der Waals surface area contributed by atoms with Crippen molar-refractivity contribution >= 4 is 12.7 Å². The lowest BCUT2D eigenvalue weighted by molar-refractivity contribution is -0.118. The molecule has 4 heteroatoms. The molecule has 0 spiro atoms. The molecular weight excluding hydrogens is 165 g/mol. The Labute approximate surface area is 78.6 Å². The Kier molecular flexibility index (Phi) is 2.40. The summed E-state index contributed by atoms with van der Waals surface area (Å²) in [7, 11) is 0. The molecule has 3 nitrogen and oxygen atoms in total. The summed E-state index contributed by atoms with van der Waals surface area (Å²) in [5.74, 6) is 2.71. The van der Waals surface area contributed by atoms with Crippen LogP contribution in [0.15, 0.2) is 12.2 Å². The van der Waals surface area contributed by atoms with Crippen LogP contribution in [-0.2, 0) is 9.45 Å². The van der Waals surface area contributed by atoms with E-state index in [1.165, 1.54) is 0 Å². The Hall–Kier alpha value is -0.765. The van der Waals surface area contributed by atoms with Gasteiger partial charge in [-0.2, -0.15) is 0 Å². The zero-order valence-corrected chi connectivity index (χ0v) is 7.82. The molecule has 2 unspecified atom stereocenters. The van der Waals surface area contributed by atoms with E-state index in [1.54, 1.807) is 6.92 Å². The number of Topliss-reactive ketones (excluding diaryl/α,β-unsaturated/α-hetero) is 1. The highest BCUT2D eigenvalue weighted by atomic mass is 16.4. The van der Waals surface area contributed by atoms with Crippen LogP contribution in [0.3, 0.4) is 0 Å². The Bertz CT molecular complexity index is 242. The van der Waals surface area contributed by atoms with Crippen LogP contribution >= 0.6 is 0 Å². The van der Waals surface area contributed by atoms with Gasteiger partial charge in [0.2, 0.25) is 0 Å². The van der Waals surface area contributed by atoms with Crippen LogP contribution in [0, 0.1) is 0 Å². The van der Waals surface area contributed by atoms with Crippen molar-refractivity contribution in [2.45, 2.75) is 38.2 Å². The lowest BCUT2D eigenvalue weighted by Crippen LogP contribution is -2.44. The summed E-state index contributed by atoms with van der Waals surface area (Å²) in [6, 6.07) is 0. The summed E-state index contributed by atoms with van der Waals surface area (Å²) in [6.45, 7) is 1.82. The molecule has 1 saturated heterocycles. The van der Waals surface area contributed by atoms with Crippen molar-refractivity contribution in [2.24, 2.45) is 0 Å². The first kappa shape index (κ1) is 8.82. The smallest absolute Gasteiger partial charge is 0.343 e. The maximum absolute atomic E-state index is 10.9. The summed E-state index contributed by atoms with van der Waals surface area (Å²) < 4.78 is 5.75. The maximum atomic E-state index is 10.9. The first-order chi connectivity index (χ1) is 6.25. The van der Waals surface area contributed by atoms with Crippen molar-refractivity contribution in [2.75, 3.05) is 0 Å². The number of hydrogen-bond acceptors (Lipinski definition) is 3. The quantitative estimate of drug-likeness (QED) is 0.634. The number of fused-ring (bicyclic) bond motifs is 1. The van der Waals surface area contributed by atoms with Gasteiger partial charge in [-0.1, -0.05) is 5.98 Å². The minimum absolute atomic E-state index is 0.142. The third-order valence-corrected chi connectivity index (χ3v) is 2.66. The van der Waals surface area contributed by atoms with Gasteiger partial charge in [0.15, 0.2) is 0 Å². The van der Waals surface area contributed by atoms with Gasteiger partial charge in [0, 0.05) is 18.5 Å². The predicted molar refractivity (Wildman–Crippen MR) is 51.2 cm³/mol. The second kappa shape index (κ2) is 3.54. The van der Waals surface area contributed by atoms with Crippen molar-refractivity contribution in [1.29, 1.82) is 0 Å². The molecule has 0 aromatic carbocycles. The van der Waals surface area contributed by atoms with Crippen molar-refractivity contribution in [3.05, 3.63) is 12.2 Å². The van der Waals surface area contributed by atoms with Gasteiger partial charge in [0.25, 0.3) is 0 Å². The molecule has 0 aromatic heterocycles. The number of carbonyl (C=O) groups is 1. The lowest BCUT2D eigenvalue weighted by atomic mass is 9.58. The van der Waals surface area contributed by atoms with Crippen LogP contribution < -0.4 is 5.32 Å². The fraction of sp³-hybridized carbons (Fsp3) is 0.667. The van der Waals surface area contributed by atoms with Crippen molar-refractivity contribution in [3.63, 3.8) is 0 Å². The zero-order valence-electron chi connectivity index (χ0n) is 7.82. The minimum Gasteiger partial charge on any atom is -0.426 e. The Morgan fingerprint density at radius 1 is 1.69 bits per heavy atom. The highest BCUT2D eigenvalue weighted by molar-refractivity contribution is 6.60. The molecule has 2 aliphatic rings. The van der Waals surface area contributed by atoms with E-state index < -0.39 is 0 Å². The topological polar surface area (TPSA) is 38.3 Å². The molecule has 0 aromatic rings.